The molecule has 0 bridgehead atoms. The first kappa shape index (κ1) is 64.8. The van der Waals surface area contributed by atoms with E-state index in [1.54, 1.807) is 11.3 Å². The highest BCUT2D eigenvalue weighted by Gasteiger charge is 2.26. The Kier molecular flexibility index (Phi) is 33.9. The van der Waals surface area contributed by atoms with Crippen LogP contribution in [-0.4, -0.2) is 32.5 Å². The van der Waals surface area contributed by atoms with E-state index in [-0.39, 0.29) is 7.43 Å². The van der Waals surface area contributed by atoms with Crippen molar-refractivity contribution in [1.29, 1.82) is 0 Å². The van der Waals surface area contributed by atoms with E-state index in [1.165, 1.54) is 49.7 Å². The normalized spacial score (nSPS) is 11.7. The summed E-state index contributed by atoms with van der Waals surface area (Å²) in [6.07, 6.45) is 19.0. The summed E-state index contributed by atoms with van der Waals surface area (Å²) >= 11 is 9.63. The van der Waals surface area contributed by atoms with Crippen LogP contribution in [0.25, 0.3) is 10.9 Å². The Morgan fingerprint density at radius 2 is 0.955 bits per heavy atom. The highest BCUT2D eigenvalue weighted by molar-refractivity contribution is 8.00. The van der Waals surface area contributed by atoms with E-state index in [2.05, 4.69) is 261 Å². The summed E-state index contributed by atoms with van der Waals surface area (Å²) in [4.78, 5) is 5.59. The van der Waals surface area contributed by atoms with Crippen LogP contribution in [0.2, 0.25) is 0 Å². The molecule has 0 aliphatic heterocycles. The minimum Gasteiger partial charge on any atom is -0.203 e. The highest BCUT2D eigenvalue weighted by Crippen LogP contribution is 2.33. The van der Waals surface area contributed by atoms with Gasteiger partial charge in [-0.25, -0.2) is 18.3 Å². The number of pyridine rings is 4. The molecular formula is C58H98N4S5+4. The van der Waals surface area contributed by atoms with Crippen LogP contribution in [0.15, 0.2) is 117 Å². The zero-order valence-corrected chi connectivity index (χ0v) is 49.5. The molecule has 0 radical (unpaired) electrons. The van der Waals surface area contributed by atoms with Crippen molar-refractivity contribution in [2.45, 2.75) is 222 Å². The van der Waals surface area contributed by atoms with E-state index < -0.39 is 0 Å². The first-order chi connectivity index (χ1) is 31.0. The molecule has 67 heavy (non-hydrogen) atoms. The smallest absolute Gasteiger partial charge is 0.203 e. The number of aryl methyl sites for hydroxylation is 1. The highest BCUT2D eigenvalue weighted by atomic mass is 32.2. The van der Waals surface area contributed by atoms with Crippen LogP contribution in [0, 0.1) is 5.92 Å². The summed E-state index contributed by atoms with van der Waals surface area (Å²) in [6.45, 7) is 42.1. The number of para-hydroxylation sites is 1. The Balaban J connectivity index is 0.000000815. The zero-order valence-electron chi connectivity index (χ0n) is 45.4. The monoisotopic (exact) mass is 1010 g/mol. The molecule has 4 aromatic heterocycles. The SMILES string of the molecule is C.CC(C)C.CC(C)Sc1cc[n+](C(C)C)c2c1CCC2.CC(C)Sc1cc[n+](C(C)C)cc1.CC(C)Sc1cc[n+](C)c2ccccc12.CC(C)Sc1ccc[n+](C(C)C)c1.CSC(C)C. The molecule has 0 fully saturated rings. The Hall–Kier alpha value is -2.17. The van der Waals surface area contributed by atoms with E-state index in [1.807, 2.05) is 58.8 Å². The number of aromatic nitrogens is 4. The summed E-state index contributed by atoms with van der Waals surface area (Å²) in [5.41, 5.74) is 4.50. The van der Waals surface area contributed by atoms with Crippen LogP contribution in [0.1, 0.15) is 175 Å². The molecule has 0 saturated heterocycles. The molecule has 0 spiro atoms. The lowest BCUT2D eigenvalue weighted by Crippen LogP contribution is -2.40. The zero-order chi connectivity index (χ0) is 50.1. The predicted octanol–water partition coefficient (Wildman–Crippen LogP) is 16.9. The van der Waals surface area contributed by atoms with Gasteiger partial charge in [0.15, 0.2) is 61.0 Å². The largest absolute Gasteiger partial charge is 0.213 e. The molecule has 0 unspecified atom stereocenters. The topological polar surface area (TPSA) is 15.5 Å². The molecule has 0 saturated carbocycles. The number of rotatable bonds is 12. The Morgan fingerprint density at radius 3 is 1.45 bits per heavy atom. The number of thioether (sulfide) groups is 5. The maximum atomic E-state index is 2.45. The average molecular weight is 1010 g/mol. The fourth-order valence-corrected chi connectivity index (χ4v) is 10.1. The fraction of sp³-hybridized carbons (Fsp3) is 0.586. The van der Waals surface area contributed by atoms with Crippen molar-refractivity contribution in [2.24, 2.45) is 13.0 Å². The van der Waals surface area contributed by atoms with Crippen molar-refractivity contribution in [3.8, 4) is 0 Å². The second-order valence-electron chi connectivity index (χ2n) is 19.6. The van der Waals surface area contributed by atoms with Crippen LogP contribution < -0.4 is 18.3 Å². The van der Waals surface area contributed by atoms with Crippen LogP contribution in [0.4, 0.5) is 0 Å². The molecule has 1 aliphatic carbocycles. The summed E-state index contributed by atoms with van der Waals surface area (Å²) in [7, 11) is 2.09. The molecular weight excluding hydrogens is 913 g/mol. The second kappa shape index (κ2) is 35.0. The maximum absolute atomic E-state index is 2.45. The van der Waals surface area contributed by atoms with Crippen LogP contribution in [-0.2, 0) is 19.9 Å². The van der Waals surface area contributed by atoms with Gasteiger partial charge in [0.25, 0.3) is 0 Å². The third-order valence-electron chi connectivity index (χ3n) is 9.49. The van der Waals surface area contributed by atoms with Gasteiger partial charge in [0, 0.05) is 84.1 Å². The van der Waals surface area contributed by atoms with Gasteiger partial charge >= 0.3 is 0 Å². The second-order valence-corrected chi connectivity index (χ2v) is 27.6. The number of hydrogen-bond acceptors (Lipinski definition) is 5. The average Bonchev–Trinajstić information content (AvgIpc) is 3.73. The first-order valence-electron chi connectivity index (χ1n) is 24.6. The van der Waals surface area contributed by atoms with Crippen molar-refractivity contribution in [3.05, 3.63) is 109 Å². The van der Waals surface area contributed by atoms with Gasteiger partial charge in [-0.15, -0.1) is 47.0 Å². The fourth-order valence-electron chi connectivity index (χ4n) is 6.41. The van der Waals surface area contributed by atoms with Crippen molar-refractivity contribution in [2.75, 3.05) is 6.26 Å². The molecule has 5 aromatic rings. The van der Waals surface area contributed by atoms with Crippen molar-refractivity contribution in [3.63, 3.8) is 0 Å². The van der Waals surface area contributed by atoms with Crippen molar-refractivity contribution < 1.29 is 18.3 Å². The molecule has 6 rings (SSSR count). The number of benzene rings is 1. The number of fused-ring (bicyclic) bond motifs is 2. The van der Waals surface area contributed by atoms with Crippen LogP contribution >= 0.6 is 58.8 Å². The van der Waals surface area contributed by atoms with E-state index in [4.69, 9.17) is 0 Å². The summed E-state index contributed by atoms with van der Waals surface area (Å²) < 4.78 is 9.07. The Bertz CT molecular complexity index is 2050. The van der Waals surface area contributed by atoms with E-state index in [9.17, 15) is 0 Å². The van der Waals surface area contributed by atoms with Crippen LogP contribution in [0.5, 0.6) is 0 Å². The molecule has 0 atom stereocenters. The minimum absolute atomic E-state index is 0. The lowest BCUT2D eigenvalue weighted by molar-refractivity contribution is -0.723. The lowest BCUT2D eigenvalue weighted by Gasteiger charge is -2.11. The van der Waals surface area contributed by atoms with E-state index in [0.717, 1.165) is 11.2 Å². The van der Waals surface area contributed by atoms with Gasteiger partial charge in [-0.1, -0.05) is 110 Å². The van der Waals surface area contributed by atoms with Crippen molar-refractivity contribution in [1.82, 2.24) is 0 Å². The van der Waals surface area contributed by atoms with Gasteiger partial charge in [-0.3, -0.25) is 0 Å². The van der Waals surface area contributed by atoms with Gasteiger partial charge < -0.3 is 0 Å². The third-order valence-corrected chi connectivity index (χ3v) is 14.6. The lowest BCUT2D eigenvalue weighted by atomic mass is 10.2. The van der Waals surface area contributed by atoms with Crippen LogP contribution in [0.3, 0.4) is 0 Å². The van der Waals surface area contributed by atoms with E-state index >= 15 is 0 Å². The molecule has 0 amide bonds. The predicted molar refractivity (Wildman–Crippen MR) is 308 cm³/mol. The number of hydrogen-bond donors (Lipinski definition) is 0. The molecule has 9 heteroatoms. The van der Waals surface area contributed by atoms with Gasteiger partial charge in [0.2, 0.25) is 5.52 Å². The molecule has 0 N–H and O–H groups in total. The summed E-state index contributed by atoms with van der Waals surface area (Å²) in [5.74, 6) is 0.833. The molecule has 376 valence electrons. The molecule has 1 aromatic carbocycles. The number of nitrogens with zero attached hydrogens (tertiary/aromatic N) is 4. The maximum Gasteiger partial charge on any atom is 0.213 e. The van der Waals surface area contributed by atoms with Gasteiger partial charge in [0.05, 0.1) is 10.3 Å². The molecule has 4 nitrogen and oxygen atoms in total. The summed E-state index contributed by atoms with van der Waals surface area (Å²) in [5, 5.41) is 4.77. The molecule has 1 aliphatic rings. The molecule has 4 heterocycles. The van der Waals surface area contributed by atoms with Gasteiger partial charge in [-0.2, -0.15) is 11.8 Å². The van der Waals surface area contributed by atoms with Gasteiger partial charge in [-0.05, 0) is 83.9 Å². The Morgan fingerprint density at radius 1 is 0.463 bits per heavy atom. The van der Waals surface area contributed by atoms with Gasteiger partial charge in [0.1, 0.15) is 7.05 Å². The third kappa shape index (κ3) is 27.1. The standard InChI is InChI=1S/C14H22NS.C13H16NS.2C11H18NS.C4H10S.C4H10.CH4/c1-10(2)15-9-8-14(16-11(3)4)12-6-5-7-13(12)15;1-10(2)15-13-8-9-14(3)12-7-5-4-6-11(12)13;1-9(2)12-7-5-11(6-8-12)13-10(3)4;1-9(2)12-7-5-6-11(8-12)13-10(3)4;1-4(2)5-3;1-4(2)3;/h8-11H,5-7H2,1-4H3;4-10H,1-3H3;2*5-10H,1-4H3;4H,1-3H3;4H,1-3H3;1H4/q4*+1;;;. The van der Waals surface area contributed by atoms with E-state index in [0.29, 0.717) is 39.1 Å². The minimum atomic E-state index is 0. The Labute approximate surface area is 435 Å². The van der Waals surface area contributed by atoms with Crippen molar-refractivity contribution >= 4 is 69.7 Å². The first-order valence-corrected chi connectivity index (χ1v) is 29.4. The quantitative estimate of drug-likeness (QED) is 0.0911. The summed E-state index contributed by atoms with van der Waals surface area (Å²) in [6, 6.07) is 23.4.